The molecule has 1 aliphatic rings. The van der Waals surface area contributed by atoms with Gasteiger partial charge in [-0.25, -0.2) is 15.0 Å². The van der Waals surface area contributed by atoms with E-state index in [1.807, 2.05) is 18.2 Å². The van der Waals surface area contributed by atoms with E-state index in [4.69, 9.17) is 15.0 Å². The number of hydrogen-bond acceptors (Lipinski definition) is 6. The van der Waals surface area contributed by atoms with Crippen LogP contribution in [0, 0.1) is 0 Å². The molecule has 29 heavy (non-hydrogen) atoms. The molecule has 7 nitrogen and oxygen atoms in total. The molecule has 0 amide bonds. The van der Waals surface area contributed by atoms with E-state index in [9.17, 15) is 5.11 Å². The summed E-state index contributed by atoms with van der Waals surface area (Å²) >= 11 is 0. The highest BCUT2D eigenvalue weighted by atomic mass is 16.2. The summed E-state index contributed by atoms with van der Waals surface area (Å²) in [6.07, 6.45) is 2.50. The molecule has 3 aromatic heterocycles. The van der Waals surface area contributed by atoms with Crippen molar-refractivity contribution in [3.05, 3.63) is 42.1 Å². The predicted molar refractivity (Wildman–Crippen MR) is 116 cm³/mol. The number of anilines is 1. The fourth-order valence-corrected chi connectivity index (χ4v) is 4.18. The van der Waals surface area contributed by atoms with E-state index in [0.717, 1.165) is 72.0 Å². The van der Waals surface area contributed by atoms with Crippen molar-refractivity contribution >= 4 is 33.7 Å². The van der Waals surface area contributed by atoms with Crippen molar-refractivity contribution in [2.75, 3.05) is 44.7 Å². The fourth-order valence-electron chi connectivity index (χ4n) is 4.18. The molecule has 4 aromatic rings. The van der Waals surface area contributed by atoms with Crippen molar-refractivity contribution in [1.29, 1.82) is 0 Å². The second-order valence-electron chi connectivity index (χ2n) is 7.80. The van der Waals surface area contributed by atoms with Crippen LogP contribution in [0.2, 0.25) is 0 Å². The second-order valence-corrected chi connectivity index (χ2v) is 7.80. The lowest BCUT2D eigenvalue weighted by Gasteiger charge is -2.22. The maximum absolute atomic E-state index is 9.30. The molecule has 1 aromatic carbocycles. The number of nitrogens with zero attached hydrogens (tertiary/aromatic N) is 6. The normalized spacial score (nSPS) is 16.1. The van der Waals surface area contributed by atoms with Gasteiger partial charge >= 0.3 is 0 Å². The molecule has 0 saturated carbocycles. The molecule has 7 heteroatoms. The van der Waals surface area contributed by atoms with Gasteiger partial charge in [0.05, 0.1) is 16.7 Å². The largest absolute Gasteiger partial charge is 0.396 e. The van der Waals surface area contributed by atoms with Crippen LogP contribution in [0.5, 0.6) is 0 Å². The third kappa shape index (κ3) is 3.30. The van der Waals surface area contributed by atoms with Gasteiger partial charge in [0.25, 0.3) is 0 Å². The van der Waals surface area contributed by atoms with Gasteiger partial charge in [-0.3, -0.25) is 4.40 Å². The number of para-hydroxylation sites is 2. The molecule has 0 atom stereocenters. The van der Waals surface area contributed by atoms with E-state index in [-0.39, 0.29) is 6.61 Å². The lowest BCUT2D eigenvalue weighted by Crippen LogP contribution is -2.29. The zero-order valence-corrected chi connectivity index (χ0v) is 16.8. The molecule has 5 rings (SSSR count). The Labute approximate surface area is 169 Å². The number of fused-ring (bicyclic) bond motifs is 5. The van der Waals surface area contributed by atoms with Gasteiger partial charge in [0, 0.05) is 26.2 Å². The van der Waals surface area contributed by atoms with E-state index in [2.05, 4.69) is 39.4 Å². The first-order valence-electron chi connectivity index (χ1n) is 10.4. The van der Waals surface area contributed by atoms with Crippen LogP contribution in [0.3, 0.4) is 0 Å². The SMILES string of the molecule is CN1CCCN(c2ccc3nc(CCCO)c4nc5ccccc5n4c3n2)CC1. The Morgan fingerprint density at radius 3 is 2.69 bits per heavy atom. The standard InChI is InChI=1S/C22H26N6O/c1-26-11-5-12-27(14-13-26)20-10-9-18-22(25-20)28-19-8-3-2-6-16(19)24-21(28)17(23-18)7-4-15-29/h2-3,6,8-10,29H,4-5,7,11-15H2,1H3. The summed E-state index contributed by atoms with van der Waals surface area (Å²) in [5.74, 6) is 0.997. The molecule has 1 N–H and O–H groups in total. The molecule has 0 aliphatic carbocycles. The van der Waals surface area contributed by atoms with Crippen LogP contribution in [0.25, 0.3) is 27.8 Å². The average molecular weight is 390 g/mol. The first kappa shape index (κ1) is 18.3. The topological polar surface area (TPSA) is 69.8 Å². The Balaban J connectivity index is 1.71. The maximum atomic E-state index is 9.30. The van der Waals surface area contributed by atoms with Gasteiger partial charge in [-0.15, -0.1) is 0 Å². The van der Waals surface area contributed by atoms with Gasteiger partial charge in [-0.2, -0.15) is 0 Å². The number of pyridine rings is 1. The molecule has 150 valence electrons. The maximum Gasteiger partial charge on any atom is 0.167 e. The van der Waals surface area contributed by atoms with Crippen molar-refractivity contribution in [3.8, 4) is 0 Å². The van der Waals surface area contributed by atoms with Crippen molar-refractivity contribution in [1.82, 2.24) is 24.3 Å². The molecule has 1 aliphatic heterocycles. The van der Waals surface area contributed by atoms with E-state index >= 15 is 0 Å². The number of aromatic nitrogens is 4. The number of aliphatic hydroxyl groups excluding tert-OH is 1. The Hall–Kier alpha value is -2.77. The van der Waals surface area contributed by atoms with Gasteiger partial charge < -0.3 is 14.9 Å². The average Bonchev–Trinajstić information content (AvgIpc) is 3.01. The summed E-state index contributed by atoms with van der Waals surface area (Å²) in [4.78, 5) is 19.5. The van der Waals surface area contributed by atoms with Crippen molar-refractivity contribution in [2.24, 2.45) is 0 Å². The number of likely N-dealkylation sites (N-methyl/N-ethyl adjacent to an activating group) is 1. The number of aliphatic hydroxyl groups is 1. The lowest BCUT2D eigenvalue weighted by atomic mass is 10.2. The van der Waals surface area contributed by atoms with Crippen LogP contribution in [-0.2, 0) is 6.42 Å². The number of imidazole rings is 1. The third-order valence-electron chi connectivity index (χ3n) is 5.74. The Morgan fingerprint density at radius 1 is 0.897 bits per heavy atom. The minimum absolute atomic E-state index is 0.146. The van der Waals surface area contributed by atoms with Crippen LogP contribution < -0.4 is 4.90 Å². The third-order valence-corrected chi connectivity index (χ3v) is 5.74. The van der Waals surface area contributed by atoms with Crippen molar-refractivity contribution in [2.45, 2.75) is 19.3 Å². The quantitative estimate of drug-likeness (QED) is 0.577. The number of aryl methyl sites for hydroxylation is 1. The smallest absolute Gasteiger partial charge is 0.167 e. The molecule has 1 saturated heterocycles. The Bertz CT molecular complexity index is 1170. The highest BCUT2D eigenvalue weighted by Crippen LogP contribution is 2.26. The summed E-state index contributed by atoms with van der Waals surface area (Å²) < 4.78 is 2.14. The van der Waals surface area contributed by atoms with Crippen molar-refractivity contribution < 1.29 is 5.11 Å². The van der Waals surface area contributed by atoms with Crippen LogP contribution in [0.1, 0.15) is 18.5 Å². The van der Waals surface area contributed by atoms with Crippen LogP contribution >= 0.6 is 0 Å². The Morgan fingerprint density at radius 2 is 1.79 bits per heavy atom. The molecular weight excluding hydrogens is 364 g/mol. The highest BCUT2D eigenvalue weighted by Gasteiger charge is 2.18. The first-order chi connectivity index (χ1) is 14.2. The van der Waals surface area contributed by atoms with E-state index in [1.54, 1.807) is 0 Å². The summed E-state index contributed by atoms with van der Waals surface area (Å²) in [5, 5.41) is 9.30. The minimum atomic E-state index is 0.146. The van der Waals surface area contributed by atoms with Gasteiger partial charge in [0.2, 0.25) is 0 Å². The summed E-state index contributed by atoms with van der Waals surface area (Å²) in [7, 11) is 2.18. The van der Waals surface area contributed by atoms with Crippen LogP contribution in [0.4, 0.5) is 5.82 Å². The number of hydrogen-bond donors (Lipinski definition) is 1. The van der Waals surface area contributed by atoms with Gasteiger partial charge in [-0.05, 0) is 57.1 Å². The van der Waals surface area contributed by atoms with E-state index in [0.29, 0.717) is 12.8 Å². The zero-order valence-electron chi connectivity index (χ0n) is 16.8. The molecule has 0 bridgehead atoms. The molecule has 0 unspecified atom stereocenters. The minimum Gasteiger partial charge on any atom is -0.396 e. The van der Waals surface area contributed by atoms with E-state index < -0.39 is 0 Å². The molecular formula is C22H26N6O. The first-order valence-corrected chi connectivity index (χ1v) is 10.4. The van der Waals surface area contributed by atoms with Crippen molar-refractivity contribution in [3.63, 3.8) is 0 Å². The summed E-state index contributed by atoms with van der Waals surface area (Å²) in [6.45, 7) is 4.30. The highest BCUT2D eigenvalue weighted by molar-refractivity contribution is 5.88. The lowest BCUT2D eigenvalue weighted by molar-refractivity contribution is 0.288. The summed E-state index contributed by atoms with van der Waals surface area (Å²) in [5.41, 5.74) is 5.44. The molecule has 0 spiro atoms. The number of benzene rings is 1. The zero-order chi connectivity index (χ0) is 19.8. The Kier molecular flexibility index (Phi) is 4.77. The van der Waals surface area contributed by atoms with Crippen LogP contribution in [-0.4, -0.2) is 69.2 Å². The molecule has 4 heterocycles. The van der Waals surface area contributed by atoms with Crippen LogP contribution in [0.15, 0.2) is 36.4 Å². The summed E-state index contributed by atoms with van der Waals surface area (Å²) in [6, 6.07) is 12.3. The van der Waals surface area contributed by atoms with Gasteiger partial charge in [0.1, 0.15) is 11.3 Å². The monoisotopic (exact) mass is 390 g/mol. The number of rotatable bonds is 4. The fraction of sp³-hybridized carbons (Fsp3) is 0.409. The molecule has 1 fully saturated rings. The van der Waals surface area contributed by atoms with Gasteiger partial charge in [-0.1, -0.05) is 12.1 Å². The molecule has 0 radical (unpaired) electrons. The second kappa shape index (κ2) is 7.57. The van der Waals surface area contributed by atoms with E-state index in [1.165, 1.54) is 0 Å². The predicted octanol–water partition coefficient (Wildman–Crippen LogP) is 2.50. The van der Waals surface area contributed by atoms with Gasteiger partial charge in [0.15, 0.2) is 11.3 Å².